The number of nitrogens with zero attached hydrogens (tertiary/aromatic N) is 3. The van der Waals surface area contributed by atoms with E-state index in [0.717, 1.165) is 6.42 Å². The predicted octanol–water partition coefficient (Wildman–Crippen LogP) is 0.192. The number of nitrogen functional groups attached to an aromatic ring is 1. The molecule has 0 radical (unpaired) electrons. The Morgan fingerprint density at radius 2 is 2.42 bits per heavy atom. The monoisotopic (exact) mass is 170 g/mol. The Labute approximate surface area is 71.2 Å². The molecule has 5 heteroatoms. The van der Waals surface area contributed by atoms with E-state index in [9.17, 15) is 5.11 Å². The first-order chi connectivity index (χ1) is 5.65. The van der Waals surface area contributed by atoms with Gasteiger partial charge in [-0.05, 0) is 13.3 Å². The number of anilines is 1. The number of hydrogen-bond acceptors (Lipinski definition) is 4. The van der Waals surface area contributed by atoms with Gasteiger partial charge in [0.1, 0.15) is 6.33 Å². The highest BCUT2D eigenvalue weighted by atomic mass is 16.3. The third-order valence-corrected chi connectivity index (χ3v) is 1.84. The van der Waals surface area contributed by atoms with Gasteiger partial charge in [0, 0.05) is 0 Å². The molecule has 0 saturated heterocycles. The summed E-state index contributed by atoms with van der Waals surface area (Å²) in [5, 5.41) is 13.3. The summed E-state index contributed by atoms with van der Waals surface area (Å²) in [7, 11) is 0. The Balaban J connectivity index is 2.80. The van der Waals surface area contributed by atoms with Crippen molar-refractivity contribution in [3.05, 3.63) is 6.33 Å². The largest absolute Gasteiger partial charge is 0.391 e. The van der Waals surface area contributed by atoms with E-state index in [4.69, 9.17) is 5.73 Å². The molecule has 0 aliphatic rings. The van der Waals surface area contributed by atoms with E-state index >= 15 is 0 Å². The molecule has 2 unspecified atom stereocenters. The average Bonchev–Trinajstić information content (AvgIpc) is 2.37. The summed E-state index contributed by atoms with van der Waals surface area (Å²) in [4.78, 5) is 3.79. The fourth-order valence-corrected chi connectivity index (χ4v) is 1.20. The Hall–Kier alpha value is -1.10. The van der Waals surface area contributed by atoms with Gasteiger partial charge in [-0.25, -0.2) is 9.67 Å². The molecule has 2 atom stereocenters. The Kier molecular flexibility index (Phi) is 2.65. The number of aromatic nitrogens is 3. The molecule has 0 spiro atoms. The first-order valence-corrected chi connectivity index (χ1v) is 3.99. The lowest BCUT2D eigenvalue weighted by Gasteiger charge is -2.17. The molecule has 5 nitrogen and oxygen atoms in total. The Morgan fingerprint density at radius 1 is 1.75 bits per heavy atom. The molecule has 1 aromatic heterocycles. The van der Waals surface area contributed by atoms with Crippen LogP contribution in [0.5, 0.6) is 0 Å². The summed E-state index contributed by atoms with van der Waals surface area (Å²) in [5.41, 5.74) is 5.35. The number of aliphatic hydroxyl groups excluding tert-OH is 1. The molecular formula is C7H14N4O. The molecule has 0 aliphatic carbocycles. The Bertz CT molecular complexity index is 245. The first kappa shape index (κ1) is 8.99. The summed E-state index contributed by atoms with van der Waals surface area (Å²) in [6.07, 6.45) is 1.91. The van der Waals surface area contributed by atoms with Crippen LogP contribution in [0.25, 0.3) is 0 Å². The summed E-state index contributed by atoms with van der Waals surface area (Å²) < 4.78 is 1.60. The van der Waals surface area contributed by atoms with Crippen LogP contribution < -0.4 is 5.73 Å². The van der Waals surface area contributed by atoms with Gasteiger partial charge in [0.25, 0.3) is 0 Å². The minimum Gasteiger partial charge on any atom is -0.391 e. The van der Waals surface area contributed by atoms with Gasteiger partial charge in [0.15, 0.2) is 0 Å². The summed E-state index contributed by atoms with van der Waals surface area (Å²) in [6.45, 7) is 3.71. The quantitative estimate of drug-likeness (QED) is 0.679. The van der Waals surface area contributed by atoms with Gasteiger partial charge in [-0.1, -0.05) is 6.92 Å². The fraction of sp³-hybridized carbons (Fsp3) is 0.714. The van der Waals surface area contributed by atoms with Crippen LogP contribution in [0.3, 0.4) is 0 Å². The van der Waals surface area contributed by atoms with Crippen molar-refractivity contribution in [3.8, 4) is 0 Å². The standard InChI is InChI=1S/C7H14N4O/c1-3-6(5(2)12)11-4-9-7(8)10-11/h4-6,12H,3H2,1-2H3,(H2,8,10). The summed E-state index contributed by atoms with van der Waals surface area (Å²) >= 11 is 0. The maximum absolute atomic E-state index is 9.35. The Morgan fingerprint density at radius 3 is 2.75 bits per heavy atom. The summed E-state index contributed by atoms with van der Waals surface area (Å²) in [6, 6.07) is -0.0326. The van der Waals surface area contributed by atoms with Gasteiger partial charge in [-0.3, -0.25) is 0 Å². The average molecular weight is 170 g/mol. The van der Waals surface area contributed by atoms with Crippen molar-refractivity contribution in [1.29, 1.82) is 0 Å². The highest BCUT2D eigenvalue weighted by Gasteiger charge is 2.15. The zero-order valence-corrected chi connectivity index (χ0v) is 7.31. The van der Waals surface area contributed by atoms with Gasteiger partial charge in [-0.15, -0.1) is 5.10 Å². The van der Waals surface area contributed by atoms with Crippen LogP contribution in [-0.2, 0) is 0 Å². The zero-order chi connectivity index (χ0) is 9.14. The van der Waals surface area contributed by atoms with Gasteiger partial charge >= 0.3 is 0 Å². The van der Waals surface area contributed by atoms with E-state index in [1.165, 1.54) is 6.33 Å². The van der Waals surface area contributed by atoms with Gasteiger partial charge in [-0.2, -0.15) is 0 Å². The molecule has 3 N–H and O–H groups in total. The van der Waals surface area contributed by atoms with Crippen LogP contribution in [0.1, 0.15) is 26.3 Å². The number of rotatable bonds is 3. The van der Waals surface area contributed by atoms with Crippen molar-refractivity contribution in [2.45, 2.75) is 32.4 Å². The third-order valence-electron chi connectivity index (χ3n) is 1.84. The molecule has 1 aromatic rings. The van der Waals surface area contributed by atoms with E-state index in [1.807, 2.05) is 6.92 Å². The van der Waals surface area contributed by atoms with Gasteiger partial charge < -0.3 is 10.8 Å². The van der Waals surface area contributed by atoms with Crippen molar-refractivity contribution in [3.63, 3.8) is 0 Å². The number of aliphatic hydroxyl groups is 1. The molecular weight excluding hydrogens is 156 g/mol. The lowest BCUT2D eigenvalue weighted by Crippen LogP contribution is -2.21. The predicted molar refractivity (Wildman–Crippen MR) is 45.4 cm³/mol. The topological polar surface area (TPSA) is 77.0 Å². The van der Waals surface area contributed by atoms with Crippen LogP contribution in [0.2, 0.25) is 0 Å². The maximum atomic E-state index is 9.35. The van der Waals surface area contributed by atoms with Crippen molar-refractivity contribution in [2.75, 3.05) is 5.73 Å². The molecule has 68 valence electrons. The van der Waals surface area contributed by atoms with Crippen molar-refractivity contribution < 1.29 is 5.11 Å². The second-order valence-corrected chi connectivity index (χ2v) is 2.80. The molecule has 0 amide bonds. The van der Waals surface area contributed by atoms with Crippen LogP contribution in [-0.4, -0.2) is 26.0 Å². The maximum Gasteiger partial charge on any atom is 0.239 e. The van der Waals surface area contributed by atoms with Crippen LogP contribution >= 0.6 is 0 Å². The second kappa shape index (κ2) is 3.53. The lowest BCUT2D eigenvalue weighted by molar-refractivity contribution is 0.120. The normalized spacial score (nSPS) is 15.9. The number of nitrogens with two attached hydrogens (primary N) is 1. The summed E-state index contributed by atoms with van der Waals surface area (Å²) in [5.74, 6) is 0.245. The van der Waals surface area contributed by atoms with E-state index in [0.29, 0.717) is 0 Å². The van der Waals surface area contributed by atoms with Crippen molar-refractivity contribution in [2.24, 2.45) is 0 Å². The van der Waals surface area contributed by atoms with E-state index < -0.39 is 6.10 Å². The molecule has 0 saturated carbocycles. The molecule has 1 heterocycles. The molecule has 0 aliphatic heterocycles. The molecule has 1 rings (SSSR count). The minimum atomic E-state index is -0.434. The first-order valence-electron chi connectivity index (χ1n) is 3.99. The van der Waals surface area contributed by atoms with Crippen LogP contribution in [0.15, 0.2) is 6.33 Å². The van der Waals surface area contributed by atoms with E-state index in [2.05, 4.69) is 10.1 Å². The number of hydrogen-bond donors (Lipinski definition) is 2. The fourth-order valence-electron chi connectivity index (χ4n) is 1.20. The smallest absolute Gasteiger partial charge is 0.239 e. The lowest BCUT2D eigenvalue weighted by atomic mass is 10.1. The molecule has 12 heavy (non-hydrogen) atoms. The van der Waals surface area contributed by atoms with E-state index in [1.54, 1.807) is 11.6 Å². The third kappa shape index (κ3) is 1.73. The van der Waals surface area contributed by atoms with Crippen LogP contribution in [0, 0.1) is 0 Å². The minimum absolute atomic E-state index is 0.0326. The molecule has 0 fully saturated rings. The van der Waals surface area contributed by atoms with Gasteiger partial charge in [0.05, 0.1) is 12.1 Å². The highest BCUT2D eigenvalue weighted by molar-refractivity contribution is 5.09. The van der Waals surface area contributed by atoms with E-state index in [-0.39, 0.29) is 12.0 Å². The van der Waals surface area contributed by atoms with Crippen LogP contribution in [0.4, 0.5) is 5.95 Å². The molecule has 0 bridgehead atoms. The highest BCUT2D eigenvalue weighted by Crippen LogP contribution is 2.14. The zero-order valence-electron chi connectivity index (χ0n) is 7.31. The second-order valence-electron chi connectivity index (χ2n) is 2.80. The van der Waals surface area contributed by atoms with Crippen molar-refractivity contribution >= 4 is 5.95 Å². The molecule has 0 aromatic carbocycles. The van der Waals surface area contributed by atoms with Crippen molar-refractivity contribution in [1.82, 2.24) is 14.8 Å². The van der Waals surface area contributed by atoms with Gasteiger partial charge in [0.2, 0.25) is 5.95 Å². The SMILES string of the molecule is CCC(C(C)O)n1cnc(N)n1.